The minimum Gasteiger partial charge on any atom is -0.334 e. The summed E-state index contributed by atoms with van der Waals surface area (Å²) in [7, 11) is -3.45. The highest BCUT2D eigenvalue weighted by Gasteiger charge is 2.33. The van der Waals surface area contributed by atoms with Gasteiger partial charge in [-0.15, -0.1) is 0 Å². The summed E-state index contributed by atoms with van der Waals surface area (Å²) in [4.78, 5) is 27.7. The number of aromatic nitrogens is 1. The molecule has 29 heavy (non-hydrogen) atoms. The third kappa shape index (κ3) is 5.41. The smallest absolute Gasteiger partial charge is 0.319 e. The molecule has 0 saturated heterocycles. The molecule has 2 aromatic rings. The largest absolute Gasteiger partial charge is 0.334 e. The molecule has 0 spiro atoms. The second-order valence-electron chi connectivity index (χ2n) is 7.32. The molecule has 1 fully saturated rings. The van der Waals surface area contributed by atoms with Gasteiger partial charge in [0.15, 0.2) is 9.84 Å². The Morgan fingerprint density at radius 2 is 1.76 bits per heavy atom. The molecule has 0 aliphatic heterocycles. The highest BCUT2D eigenvalue weighted by Crippen LogP contribution is 2.32. The molecule has 2 amide bonds. The van der Waals surface area contributed by atoms with Crippen molar-refractivity contribution in [1.82, 2.24) is 10.3 Å². The van der Waals surface area contributed by atoms with E-state index in [0.717, 1.165) is 5.56 Å². The third-order valence-corrected chi connectivity index (χ3v) is 7.58. The van der Waals surface area contributed by atoms with Gasteiger partial charge in [-0.05, 0) is 68.5 Å². The molecule has 2 N–H and O–H groups in total. The van der Waals surface area contributed by atoms with Crippen LogP contribution in [0.1, 0.15) is 38.2 Å². The molecule has 1 aliphatic carbocycles. The van der Waals surface area contributed by atoms with Crippen molar-refractivity contribution < 1.29 is 18.0 Å². The first-order valence-electron chi connectivity index (χ1n) is 9.64. The lowest BCUT2D eigenvalue weighted by atomic mass is 9.86. The summed E-state index contributed by atoms with van der Waals surface area (Å²) >= 11 is 0. The Morgan fingerprint density at radius 1 is 1.07 bits per heavy atom. The van der Waals surface area contributed by atoms with E-state index < -0.39 is 15.1 Å². The Balaban J connectivity index is 1.56. The van der Waals surface area contributed by atoms with Gasteiger partial charge in [-0.1, -0.05) is 6.07 Å². The highest BCUT2D eigenvalue weighted by molar-refractivity contribution is 7.92. The molecule has 1 aromatic carbocycles. The zero-order valence-corrected chi connectivity index (χ0v) is 17.1. The second kappa shape index (κ2) is 9.17. The minimum atomic E-state index is -3.45. The summed E-state index contributed by atoms with van der Waals surface area (Å²) < 4.78 is 25.7. The number of hydrogen-bond acceptors (Lipinski definition) is 5. The maximum atomic E-state index is 12.9. The fourth-order valence-electron chi connectivity index (χ4n) is 3.56. The van der Waals surface area contributed by atoms with Gasteiger partial charge in [0.2, 0.25) is 0 Å². The van der Waals surface area contributed by atoms with Crippen LogP contribution in [0.15, 0.2) is 53.7 Å². The number of urea groups is 1. The number of ketones is 1. The van der Waals surface area contributed by atoms with Crippen LogP contribution >= 0.6 is 0 Å². The van der Waals surface area contributed by atoms with Crippen LogP contribution in [0.5, 0.6) is 0 Å². The molecule has 154 valence electrons. The van der Waals surface area contributed by atoms with Crippen molar-refractivity contribution >= 4 is 27.3 Å². The Morgan fingerprint density at radius 3 is 2.34 bits per heavy atom. The number of sulfone groups is 1. The molecular weight excluding hydrogens is 390 g/mol. The van der Waals surface area contributed by atoms with Crippen LogP contribution in [0, 0.1) is 5.92 Å². The van der Waals surface area contributed by atoms with Crippen LogP contribution in [0.2, 0.25) is 0 Å². The zero-order chi connectivity index (χ0) is 20.9. The minimum absolute atomic E-state index is 0.0156. The van der Waals surface area contributed by atoms with Crippen LogP contribution in [0.4, 0.5) is 10.5 Å². The average Bonchev–Trinajstić information content (AvgIpc) is 2.73. The monoisotopic (exact) mass is 415 g/mol. The number of hydrogen-bond donors (Lipinski definition) is 2. The van der Waals surface area contributed by atoms with Gasteiger partial charge in [0, 0.05) is 30.5 Å². The molecule has 8 heteroatoms. The lowest BCUT2D eigenvalue weighted by molar-refractivity contribution is -0.121. The number of nitrogens with one attached hydrogen (secondary N) is 2. The number of benzene rings is 1. The molecule has 1 aromatic heterocycles. The molecule has 0 unspecified atom stereocenters. The van der Waals surface area contributed by atoms with Crippen molar-refractivity contribution in [3.63, 3.8) is 0 Å². The van der Waals surface area contributed by atoms with E-state index in [-0.39, 0.29) is 22.6 Å². The van der Waals surface area contributed by atoms with Gasteiger partial charge in [-0.3, -0.25) is 9.78 Å². The van der Waals surface area contributed by atoms with E-state index in [1.165, 1.54) is 12.1 Å². The van der Waals surface area contributed by atoms with Crippen molar-refractivity contribution in [2.24, 2.45) is 5.92 Å². The molecule has 0 atom stereocenters. The number of pyridine rings is 1. The summed E-state index contributed by atoms with van der Waals surface area (Å²) in [5, 5.41) is 4.95. The number of anilines is 1. The molecule has 1 heterocycles. The first-order valence-corrected chi connectivity index (χ1v) is 11.2. The van der Waals surface area contributed by atoms with Crippen LogP contribution in [-0.2, 0) is 21.2 Å². The summed E-state index contributed by atoms with van der Waals surface area (Å²) in [5.41, 5.74) is 1.39. The zero-order valence-electron chi connectivity index (χ0n) is 16.3. The van der Waals surface area contributed by atoms with E-state index in [0.29, 0.717) is 37.9 Å². The predicted octanol–water partition coefficient (Wildman–Crippen LogP) is 3.32. The topological polar surface area (TPSA) is 105 Å². The molecule has 0 radical (unpaired) electrons. The predicted molar refractivity (Wildman–Crippen MR) is 110 cm³/mol. The Bertz CT molecular complexity index is 951. The first kappa shape index (κ1) is 21.0. The van der Waals surface area contributed by atoms with Gasteiger partial charge in [0.1, 0.15) is 5.78 Å². The van der Waals surface area contributed by atoms with Crippen LogP contribution in [0.3, 0.4) is 0 Å². The Labute approximate surface area is 170 Å². The van der Waals surface area contributed by atoms with E-state index in [2.05, 4.69) is 15.6 Å². The van der Waals surface area contributed by atoms with Gasteiger partial charge >= 0.3 is 6.03 Å². The van der Waals surface area contributed by atoms with E-state index in [4.69, 9.17) is 0 Å². The number of rotatable bonds is 6. The maximum Gasteiger partial charge on any atom is 0.319 e. The van der Waals surface area contributed by atoms with Crippen molar-refractivity contribution in [2.45, 2.75) is 49.3 Å². The summed E-state index contributed by atoms with van der Waals surface area (Å²) in [5.74, 6) is 0.122. The second-order valence-corrected chi connectivity index (χ2v) is 9.55. The Kier molecular flexibility index (Phi) is 6.64. The fourth-order valence-corrected chi connectivity index (χ4v) is 5.35. The lowest BCUT2D eigenvalue weighted by Gasteiger charge is -2.26. The Hall–Kier alpha value is -2.74. The molecule has 0 bridgehead atoms. The van der Waals surface area contributed by atoms with Crippen molar-refractivity contribution in [3.05, 3.63) is 54.4 Å². The highest BCUT2D eigenvalue weighted by atomic mass is 32.2. The van der Waals surface area contributed by atoms with E-state index in [1.54, 1.807) is 37.5 Å². The molecule has 1 aliphatic rings. The maximum absolute atomic E-state index is 12.9. The van der Waals surface area contributed by atoms with Crippen LogP contribution < -0.4 is 10.6 Å². The summed E-state index contributed by atoms with van der Waals surface area (Å²) in [6, 6.07) is 9.46. The molecule has 1 saturated carbocycles. The van der Waals surface area contributed by atoms with Gasteiger partial charge in [-0.2, -0.15) is 0 Å². The number of nitrogens with zero attached hydrogens (tertiary/aromatic N) is 1. The number of carbonyl (C=O) groups is 2. The van der Waals surface area contributed by atoms with Crippen LogP contribution in [-0.4, -0.2) is 30.5 Å². The normalized spacial score (nSPS) is 19.3. The standard InChI is InChI=1S/C21H25N3O4S/c1-15(25)17-4-8-19(9-5-17)29(27,28)20-10-6-18(7-11-20)24-21(26)23-14-16-3-2-12-22-13-16/h2-3,6-7,10-13,17,19H,4-5,8-9,14H2,1H3,(H2,23,24,26). The van der Waals surface area contributed by atoms with Gasteiger partial charge in [-0.25, -0.2) is 13.2 Å². The van der Waals surface area contributed by atoms with Crippen molar-refractivity contribution in [3.8, 4) is 0 Å². The summed E-state index contributed by atoms with van der Waals surface area (Å²) in [6.07, 6.45) is 5.58. The van der Waals surface area contributed by atoms with Crippen molar-refractivity contribution in [1.29, 1.82) is 0 Å². The fraction of sp³-hybridized carbons (Fsp3) is 0.381. The first-order chi connectivity index (χ1) is 13.9. The van der Waals surface area contributed by atoms with Gasteiger partial charge in [0.05, 0.1) is 10.1 Å². The van der Waals surface area contributed by atoms with E-state index in [9.17, 15) is 18.0 Å². The van der Waals surface area contributed by atoms with Gasteiger partial charge < -0.3 is 10.6 Å². The number of Topliss-reactive ketones (excluding diaryl/α,β-unsaturated/α-hetero) is 1. The van der Waals surface area contributed by atoms with Crippen LogP contribution in [0.25, 0.3) is 0 Å². The van der Waals surface area contributed by atoms with Gasteiger partial charge in [0.25, 0.3) is 0 Å². The molecular formula is C21H25N3O4S. The number of amides is 2. The SMILES string of the molecule is CC(=O)C1CCC(S(=O)(=O)c2ccc(NC(=O)NCc3cccnc3)cc2)CC1. The number of carbonyl (C=O) groups excluding carboxylic acids is 2. The van der Waals surface area contributed by atoms with E-state index in [1.807, 2.05) is 6.07 Å². The molecule has 7 nitrogen and oxygen atoms in total. The lowest BCUT2D eigenvalue weighted by Crippen LogP contribution is -2.29. The van der Waals surface area contributed by atoms with E-state index >= 15 is 0 Å². The third-order valence-electron chi connectivity index (χ3n) is 5.30. The molecule has 3 rings (SSSR count). The van der Waals surface area contributed by atoms with Crippen molar-refractivity contribution in [2.75, 3.05) is 5.32 Å². The quantitative estimate of drug-likeness (QED) is 0.753. The summed E-state index contributed by atoms with van der Waals surface area (Å²) in [6.45, 7) is 1.91. The average molecular weight is 416 g/mol.